The predicted molar refractivity (Wildman–Crippen MR) is 111 cm³/mol. The zero-order chi connectivity index (χ0) is 21.2. The Kier molecular flexibility index (Phi) is 6.63. The summed E-state index contributed by atoms with van der Waals surface area (Å²) in [6, 6.07) is 6.36. The minimum atomic E-state index is -3.70. The summed E-state index contributed by atoms with van der Waals surface area (Å²) in [5, 5.41) is 3.10. The molecule has 7 nitrogen and oxygen atoms in total. The van der Waals surface area contributed by atoms with E-state index < -0.39 is 10.0 Å². The molecule has 1 aliphatic carbocycles. The van der Waals surface area contributed by atoms with Crippen LogP contribution in [0, 0.1) is 11.8 Å². The maximum atomic E-state index is 13.0. The van der Waals surface area contributed by atoms with Crippen LogP contribution in [0.3, 0.4) is 0 Å². The van der Waals surface area contributed by atoms with E-state index >= 15 is 0 Å². The van der Waals surface area contributed by atoms with Gasteiger partial charge in [-0.3, -0.25) is 9.59 Å². The Morgan fingerprint density at radius 1 is 1.07 bits per heavy atom. The first-order chi connectivity index (χ1) is 13.7. The molecule has 2 aliphatic rings. The first kappa shape index (κ1) is 21.8. The highest BCUT2D eigenvalue weighted by atomic mass is 32.2. The SMILES string of the molecule is CC(=O)N1CCN(S(=O)(=O)c2cccc(C(=O)N[C@H]3CCC[C@@H](C)[C@@H]3C)c2)CC1. The summed E-state index contributed by atoms with van der Waals surface area (Å²) < 4.78 is 27.4. The van der Waals surface area contributed by atoms with Crippen LogP contribution in [0.25, 0.3) is 0 Å². The minimum Gasteiger partial charge on any atom is -0.349 e. The van der Waals surface area contributed by atoms with Gasteiger partial charge >= 0.3 is 0 Å². The maximum absolute atomic E-state index is 13.0. The summed E-state index contributed by atoms with van der Waals surface area (Å²) in [7, 11) is -3.70. The zero-order valence-corrected chi connectivity index (χ0v) is 18.2. The lowest BCUT2D eigenvalue weighted by atomic mass is 9.78. The quantitative estimate of drug-likeness (QED) is 0.807. The van der Waals surface area contributed by atoms with Crippen molar-refractivity contribution in [1.29, 1.82) is 0 Å². The molecule has 1 N–H and O–H groups in total. The number of carbonyl (C=O) groups is 2. The summed E-state index contributed by atoms with van der Waals surface area (Å²) in [5.74, 6) is 0.688. The molecule has 3 rings (SSSR count). The fraction of sp³-hybridized carbons (Fsp3) is 0.619. The van der Waals surface area contributed by atoms with Crippen molar-refractivity contribution in [3.05, 3.63) is 29.8 Å². The molecule has 1 aromatic rings. The van der Waals surface area contributed by atoms with Gasteiger partial charge < -0.3 is 10.2 Å². The molecule has 0 spiro atoms. The number of nitrogens with zero attached hydrogens (tertiary/aromatic N) is 2. The third-order valence-corrected chi connectivity index (χ3v) is 8.34. The Morgan fingerprint density at radius 3 is 2.41 bits per heavy atom. The average molecular weight is 422 g/mol. The van der Waals surface area contributed by atoms with Crippen LogP contribution in [0.2, 0.25) is 0 Å². The van der Waals surface area contributed by atoms with Gasteiger partial charge in [0.1, 0.15) is 0 Å². The van der Waals surface area contributed by atoms with Crippen LogP contribution in [0.4, 0.5) is 0 Å². The second-order valence-corrected chi connectivity index (χ2v) is 10.2. The molecule has 2 amide bonds. The van der Waals surface area contributed by atoms with Crippen LogP contribution in [-0.2, 0) is 14.8 Å². The molecule has 1 saturated heterocycles. The first-order valence-corrected chi connectivity index (χ1v) is 11.8. The molecule has 160 valence electrons. The number of rotatable bonds is 4. The zero-order valence-electron chi connectivity index (χ0n) is 17.4. The highest BCUT2D eigenvalue weighted by Gasteiger charge is 2.31. The molecule has 0 aromatic heterocycles. The van der Waals surface area contributed by atoms with Crippen molar-refractivity contribution in [1.82, 2.24) is 14.5 Å². The maximum Gasteiger partial charge on any atom is 0.251 e. The normalized spacial score (nSPS) is 26.2. The second-order valence-electron chi connectivity index (χ2n) is 8.29. The van der Waals surface area contributed by atoms with Gasteiger partial charge in [0.05, 0.1) is 4.90 Å². The Morgan fingerprint density at radius 2 is 1.76 bits per heavy atom. The number of piperazine rings is 1. The number of amides is 2. The summed E-state index contributed by atoms with van der Waals surface area (Å²) in [5.41, 5.74) is 0.360. The second kappa shape index (κ2) is 8.83. The number of carbonyl (C=O) groups excluding carboxylic acids is 2. The van der Waals surface area contributed by atoms with Gasteiger partial charge in [-0.1, -0.05) is 32.8 Å². The van der Waals surface area contributed by atoms with Crippen molar-refractivity contribution < 1.29 is 18.0 Å². The van der Waals surface area contributed by atoms with E-state index in [9.17, 15) is 18.0 Å². The van der Waals surface area contributed by atoms with E-state index in [1.807, 2.05) is 0 Å². The van der Waals surface area contributed by atoms with Crippen molar-refractivity contribution in [3.63, 3.8) is 0 Å². The average Bonchev–Trinajstić information content (AvgIpc) is 2.71. The predicted octanol–water partition coefficient (Wildman–Crippen LogP) is 2.09. The summed E-state index contributed by atoms with van der Waals surface area (Å²) in [6.07, 6.45) is 3.23. The molecule has 8 heteroatoms. The van der Waals surface area contributed by atoms with Gasteiger partial charge in [0.2, 0.25) is 15.9 Å². The minimum absolute atomic E-state index is 0.0491. The summed E-state index contributed by atoms with van der Waals surface area (Å²) >= 11 is 0. The molecule has 0 radical (unpaired) electrons. The van der Waals surface area contributed by atoms with Crippen LogP contribution < -0.4 is 5.32 Å². The van der Waals surface area contributed by atoms with Gasteiger partial charge in [0.15, 0.2) is 0 Å². The number of nitrogens with one attached hydrogen (secondary N) is 1. The van der Waals surface area contributed by atoms with Crippen LogP contribution in [0.1, 0.15) is 50.4 Å². The number of sulfonamides is 1. The van der Waals surface area contributed by atoms with E-state index in [1.54, 1.807) is 17.0 Å². The van der Waals surface area contributed by atoms with Crippen molar-refractivity contribution in [2.45, 2.75) is 51.0 Å². The van der Waals surface area contributed by atoms with E-state index in [0.29, 0.717) is 30.5 Å². The van der Waals surface area contributed by atoms with Crippen LogP contribution in [0.5, 0.6) is 0 Å². The number of hydrogen-bond donors (Lipinski definition) is 1. The molecular weight excluding hydrogens is 390 g/mol. The van der Waals surface area contributed by atoms with E-state index in [0.717, 1.165) is 12.8 Å². The van der Waals surface area contributed by atoms with E-state index in [-0.39, 0.29) is 35.8 Å². The topological polar surface area (TPSA) is 86.8 Å². The molecule has 2 fully saturated rings. The van der Waals surface area contributed by atoms with Gasteiger partial charge in [-0.15, -0.1) is 0 Å². The lowest BCUT2D eigenvalue weighted by molar-refractivity contribution is -0.129. The molecule has 1 heterocycles. The molecule has 1 aromatic carbocycles. The largest absolute Gasteiger partial charge is 0.349 e. The van der Waals surface area contributed by atoms with E-state index in [1.165, 1.54) is 29.8 Å². The lowest BCUT2D eigenvalue weighted by Gasteiger charge is -2.34. The van der Waals surface area contributed by atoms with Crippen molar-refractivity contribution >= 4 is 21.8 Å². The Balaban J connectivity index is 1.71. The van der Waals surface area contributed by atoms with Gasteiger partial charge in [-0.05, 0) is 36.5 Å². The van der Waals surface area contributed by atoms with E-state index in [4.69, 9.17) is 0 Å². The van der Waals surface area contributed by atoms with Crippen molar-refractivity contribution in [2.75, 3.05) is 26.2 Å². The van der Waals surface area contributed by atoms with Crippen LogP contribution >= 0.6 is 0 Å². The summed E-state index contributed by atoms with van der Waals surface area (Å²) in [6.45, 7) is 7.14. The third kappa shape index (κ3) is 4.80. The monoisotopic (exact) mass is 421 g/mol. The highest BCUT2D eigenvalue weighted by Crippen LogP contribution is 2.29. The number of benzene rings is 1. The smallest absolute Gasteiger partial charge is 0.251 e. The lowest BCUT2D eigenvalue weighted by Crippen LogP contribution is -2.49. The molecule has 3 atom stereocenters. The molecule has 0 unspecified atom stereocenters. The van der Waals surface area contributed by atoms with Crippen molar-refractivity contribution in [2.24, 2.45) is 11.8 Å². The van der Waals surface area contributed by atoms with Crippen molar-refractivity contribution in [3.8, 4) is 0 Å². The molecule has 1 aliphatic heterocycles. The Bertz CT molecular complexity index is 862. The molecule has 0 bridgehead atoms. The van der Waals surface area contributed by atoms with Crippen LogP contribution in [0.15, 0.2) is 29.2 Å². The Hall–Kier alpha value is -1.93. The third-order valence-electron chi connectivity index (χ3n) is 6.44. The fourth-order valence-electron chi connectivity index (χ4n) is 4.23. The standard InChI is InChI=1S/C21H31N3O4S/c1-15-6-4-9-20(16(15)2)22-21(26)18-7-5-8-19(14-18)29(27,28)24-12-10-23(11-13-24)17(3)25/h5,7-8,14-16,20H,4,6,9-13H2,1-3H3,(H,22,26)/t15-,16+,20+/m1/s1. The van der Waals surface area contributed by atoms with Gasteiger partial charge in [0.25, 0.3) is 5.91 Å². The van der Waals surface area contributed by atoms with Gasteiger partial charge in [-0.2, -0.15) is 4.31 Å². The van der Waals surface area contributed by atoms with Gasteiger partial charge in [0, 0.05) is 44.7 Å². The fourth-order valence-corrected chi connectivity index (χ4v) is 5.70. The highest BCUT2D eigenvalue weighted by molar-refractivity contribution is 7.89. The molecule has 1 saturated carbocycles. The summed E-state index contributed by atoms with van der Waals surface area (Å²) in [4.78, 5) is 26.0. The molecule has 29 heavy (non-hydrogen) atoms. The number of hydrogen-bond acceptors (Lipinski definition) is 4. The van der Waals surface area contributed by atoms with E-state index in [2.05, 4.69) is 19.2 Å². The first-order valence-electron chi connectivity index (χ1n) is 10.4. The Labute approximate surface area is 173 Å². The molecular formula is C21H31N3O4S. The van der Waals surface area contributed by atoms with Gasteiger partial charge in [-0.25, -0.2) is 8.42 Å². The van der Waals surface area contributed by atoms with Crippen LogP contribution in [-0.4, -0.2) is 61.7 Å².